The summed E-state index contributed by atoms with van der Waals surface area (Å²) in [5.74, 6) is 1.72. The molecular weight excluding hydrogens is 402 g/mol. The molecule has 7 heteroatoms. The molecule has 3 aromatic carbocycles. The van der Waals surface area contributed by atoms with Crippen LogP contribution in [0.3, 0.4) is 0 Å². The number of rotatable bonds is 8. The molecular formula is C23H25NO5S. The Labute approximate surface area is 177 Å². The van der Waals surface area contributed by atoms with E-state index in [1.165, 1.54) is 4.31 Å². The molecule has 0 aromatic heterocycles. The number of anilines is 1. The Kier molecular flexibility index (Phi) is 6.52. The smallest absolute Gasteiger partial charge is 0.264 e. The third-order valence-corrected chi connectivity index (χ3v) is 6.50. The van der Waals surface area contributed by atoms with E-state index in [-0.39, 0.29) is 11.4 Å². The second kappa shape index (κ2) is 9.09. The summed E-state index contributed by atoms with van der Waals surface area (Å²) in [7, 11) is 0.828. The number of sulfonamides is 1. The quantitative estimate of drug-likeness (QED) is 0.533. The molecule has 0 aliphatic heterocycles. The molecule has 158 valence electrons. The highest BCUT2D eigenvalue weighted by Gasteiger charge is 2.26. The van der Waals surface area contributed by atoms with Crippen molar-refractivity contribution in [1.29, 1.82) is 0 Å². The van der Waals surface area contributed by atoms with Gasteiger partial charge in [-0.1, -0.05) is 18.2 Å². The zero-order valence-electron chi connectivity index (χ0n) is 17.5. The maximum Gasteiger partial charge on any atom is 0.264 e. The van der Waals surface area contributed by atoms with Crippen LogP contribution < -0.4 is 18.5 Å². The van der Waals surface area contributed by atoms with E-state index in [1.807, 2.05) is 31.2 Å². The van der Waals surface area contributed by atoms with Crippen molar-refractivity contribution in [3.63, 3.8) is 0 Å². The maximum atomic E-state index is 13.6. The molecule has 0 spiro atoms. The number of ether oxygens (including phenoxy) is 3. The van der Waals surface area contributed by atoms with Gasteiger partial charge in [0, 0.05) is 0 Å². The van der Waals surface area contributed by atoms with Gasteiger partial charge in [-0.2, -0.15) is 0 Å². The van der Waals surface area contributed by atoms with Crippen molar-refractivity contribution >= 4 is 15.7 Å². The Morgan fingerprint density at radius 2 is 1.50 bits per heavy atom. The van der Waals surface area contributed by atoms with E-state index >= 15 is 0 Å². The minimum Gasteiger partial charge on any atom is -0.497 e. The van der Waals surface area contributed by atoms with Crippen molar-refractivity contribution in [3.05, 3.63) is 77.9 Å². The third kappa shape index (κ3) is 4.52. The first-order valence-electron chi connectivity index (χ1n) is 9.33. The van der Waals surface area contributed by atoms with E-state index in [4.69, 9.17) is 14.2 Å². The maximum absolute atomic E-state index is 13.6. The molecule has 0 N–H and O–H groups in total. The van der Waals surface area contributed by atoms with Gasteiger partial charge in [0.2, 0.25) is 0 Å². The van der Waals surface area contributed by atoms with Crippen LogP contribution in [0.15, 0.2) is 71.6 Å². The van der Waals surface area contributed by atoms with Crippen molar-refractivity contribution in [2.24, 2.45) is 0 Å². The van der Waals surface area contributed by atoms with Gasteiger partial charge < -0.3 is 14.2 Å². The first-order valence-corrected chi connectivity index (χ1v) is 10.8. The molecule has 0 amide bonds. The SMILES string of the molecule is COc1ccc(S(=O)(=O)N(Cc2ccc(OC)c(OC)c2)c2cccc(C)c2)cc1. The Hall–Kier alpha value is -3.19. The lowest BCUT2D eigenvalue weighted by atomic mass is 10.2. The molecule has 0 bridgehead atoms. The largest absolute Gasteiger partial charge is 0.497 e. The van der Waals surface area contributed by atoms with Crippen molar-refractivity contribution in [2.45, 2.75) is 18.4 Å². The molecule has 0 atom stereocenters. The van der Waals surface area contributed by atoms with Gasteiger partial charge in [-0.15, -0.1) is 0 Å². The fraction of sp³-hybridized carbons (Fsp3) is 0.217. The Bertz CT molecular complexity index is 1110. The van der Waals surface area contributed by atoms with Gasteiger partial charge in [-0.3, -0.25) is 4.31 Å². The number of methoxy groups -OCH3 is 3. The average Bonchev–Trinajstić information content (AvgIpc) is 2.77. The summed E-state index contributed by atoms with van der Waals surface area (Å²) in [6.45, 7) is 2.07. The zero-order chi connectivity index (χ0) is 21.7. The van der Waals surface area contributed by atoms with E-state index in [0.29, 0.717) is 22.9 Å². The summed E-state index contributed by atoms with van der Waals surface area (Å²) in [5, 5.41) is 0. The lowest BCUT2D eigenvalue weighted by Crippen LogP contribution is -2.30. The highest BCUT2D eigenvalue weighted by molar-refractivity contribution is 7.92. The van der Waals surface area contributed by atoms with Crippen LogP contribution in [-0.2, 0) is 16.6 Å². The molecule has 6 nitrogen and oxygen atoms in total. The topological polar surface area (TPSA) is 65.1 Å². The van der Waals surface area contributed by atoms with E-state index in [1.54, 1.807) is 63.8 Å². The highest BCUT2D eigenvalue weighted by atomic mass is 32.2. The van der Waals surface area contributed by atoms with Crippen molar-refractivity contribution in [2.75, 3.05) is 25.6 Å². The van der Waals surface area contributed by atoms with Crippen LogP contribution in [0.5, 0.6) is 17.2 Å². The van der Waals surface area contributed by atoms with E-state index in [2.05, 4.69) is 0 Å². The molecule has 0 saturated carbocycles. The van der Waals surface area contributed by atoms with Crippen LogP contribution in [0, 0.1) is 6.92 Å². The Morgan fingerprint density at radius 3 is 2.10 bits per heavy atom. The van der Waals surface area contributed by atoms with Crippen LogP contribution in [-0.4, -0.2) is 29.7 Å². The van der Waals surface area contributed by atoms with Crippen LogP contribution in [0.2, 0.25) is 0 Å². The van der Waals surface area contributed by atoms with Gasteiger partial charge in [0.25, 0.3) is 10.0 Å². The van der Waals surface area contributed by atoms with Crippen LogP contribution >= 0.6 is 0 Å². The third-order valence-electron chi connectivity index (χ3n) is 4.71. The predicted octanol–water partition coefficient (Wildman–Crippen LogP) is 4.42. The molecule has 0 unspecified atom stereocenters. The molecule has 0 saturated heterocycles. The minimum absolute atomic E-state index is 0.137. The summed E-state index contributed by atoms with van der Waals surface area (Å²) in [5.41, 5.74) is 2.32. The summed E-state index contributed by atoms with van der Waals surface area (Å²) < 4.78 is 44.3. The van der Waals surface area contributed by atoms with Gasteiger partial charge in [0.05, 0.1) is 38.5 Å². The summed E-state index contributed by atoms with van der Waals surface area (Å²) >= 11 is 0. The zero-order valence-corrected chi connectivity index (χ0v) is 18.3. The number of hydrogen-bond donors (Lipinski definition) is 0. The van der Waals surface area contributed by atoms with Crippen LogP contribution in [0.4, 0.5) is 5.69 Å². The Morgan fingerprint density at radius 1 is 0.800 bits per heavy atom. The number of nitrogens with zero attached hydrogens (tertiary/aromatic N) is 1. The van der Waals surface area contributed by atoms with Crippen molar-refractivity contribution < 1.29 is 22.6 Å². The summed E-state index contributed by atoms with van der Waals surface area (Å²) in [6.07, 6.45) is 0. The monoisotopic (exact) mass is 427 g/mol. The molecule has 0 radical (unpaired) electrons. The fourth-order valence-electron chi connectivity index (χ4n) is 3.12. The summed E-state index contributed by atoms with van der Waals surface area (Å²) in [6, 6.07) is 19.2. The molecule has 0 aliphatic carbocycles. The first kappa shape index (κ1) is 21.5. The average molecular weight is 428 g/mol. The second-order valence-corrected chi connectivity index (χ2v) is 8.58. The van der Waals surface area contributed by atoms with Gasteiger partial charge in [0.15, 0.2) is 11.5 Å². The lowest BCUT2D eigenvalue weighted by Gasteiger charge is -2.25. The van der Waals surface area contributed by atoms with Crippen LogP contribution in [0.1, 0.15) is 11.1 Å². The van der Waals surface area contributed by atoms with Crippen molar-refractivity contribution in [1.82, 2.24) is 0 Å². The minimum atomic E-state index is -3.82. The first-order chi connectivity index (χ1) is 14.4. The Balaban J connectivity index is 2.07. The lowest BCUT2D eigenvalue weighted by molar-refractivity contribution is 0.354. The number of hydrogen-bond acceptors (Lipinski definition) is 5. The van der Waals surface area contributed by atoms with Crippen LogP contribution in [0.25, 0.3) is 0 Å². The standard InChI is InChI=1S/C23H25NO5S/c1-17-6-5-7-19(14-17)24(16-18-8-13-22(28-3)23(15-18)29-4)30(25,26)21-11-9-20(27-2)10-12-21/h5-15H,16H2,1-4H3. The number of benzene rings is 3. The van der Waals surface area contributed by atoms with E-state index in [9.17, 15) is 8.42 Å². The van der Waals surface area contributed by atoms with Crippen molar-refractivity contribution in [3.8, 4) is 17.2 Å². The molecule has 0 heterocycles. The predicted molar refractivity (Wildman–Crippen MR) is 117 cm³/mol. The normalized spacial score (nSPS) is 11.1. The second-order valence-electron chi connectivity index (χ2n) is 6.72. The number of aryl methyl sites for hydroxylation is 1. The molecule has 3 aromatic rings. The molecule has 0 fully saturated rings. The van der Waals surface area contributed by atoms with Gasteiger partial charge in [-0.05, 0) is 66.6 Å². The fourth-order valence-corrected chi connectivity index (χ4v) is 4.56. The molecule has 30 heavy (non-hydrogen) atoms. The molecule has 0 aliphatic rings. The van der Waals surface area contributed by atoms with E-state index in [0.717, 1.165) is 11.1 Å². The van der Waals surface area contributed by atoms with E-state index < -0.39 is 10.0 Å². The molecule has 3 rings (SSSR count). The van der Waals surface area contributed by atoms with Gasteiger partial charge >= 0.3 is 0 Å². The summed E-state index contributed by atoms with van der Waals surface area (Å²) in [4.78, 5) is 0.185. The van der Waals surface area contributed by atoms with Gasteiger partial charge in [0.1, 0.15) is 5.75 Å². The van der Waals surface area contributed by atoms with Gasteiger partial charge in [-0.25, -0.2) is 8.42 Å². The highest BCUT2D eigenvalue weighted by Crippen LogP contribution is 2.31.